The van der Waals surface area contributed by atoms with Crippen LogP contribution in [0.4, 0.5) is 0 Å². The van der Waals surface area contributed by atoms with Gasteiger partial charge in [-0.25, -0.2) is 19.4 Å². The Balaban J connectivity index is 1.75. The summed E-state index contributed by atoms with van der Waals surface area (Å²) in [6, 6.07) is 0.391. The van der Waals surface area contributed by atoms with E-state index in [1.807, 2.05) is 0 Å². The number of hydrogen-bond donors (Lipinski definition) is 1. The highest BCUT2D eigenvalue weighted by Gasteiger charge is 2.28. The van der Waals surface area contributed by atoms with Crippen molar-refractivity contribution in [3.05, 3.63) is 23.8 Å². The average molecular weight is 278 g/mol. The van der Waals surface area contributed by atoms with Crippen LogP contribution in [0.3, 0.4) is 0 Å². The summed E-state index contributed by atoms with van der Waals surface area (Å²) in [4.78, 5) is 18.8. The van der Waals surface area contributed by atoms with Gasteiger partial charge in [0.15, 0.2) is 0 Å². The van der Waals surface area contributed by atoms with Crippen LogP contribution < -0.4 is 0 Å². The number of rotatable bonds is 5. The van der Waals surface area contributed by atoms with Crippen LogP contribution >= 0.6 is 11.8 Å². The van der Waals surface area contributed by atoms with E-state index in [0.717, 1.165) is 12.8 Å². The molecule has 1 aliphatic carbocycles. The van der Waals surface area contributed by atoms with Gasteiger partial charge in [-0.3, -0.25) is 0 Å². The zero-order chi connectivity index (χ0) is 13.2. The number of hydrogen-bond acceptors (Lipinski definition) is 7. The molecule has 98 valence electrons. The summed E-state index contributed by atoms with van der Waals surface area (Å²) < 4.78 is 1.78. The van der Waals surface area contributed by atoms with Crippen LogP contribution in [0.25, 0.3) is 0 Å². The Hall–Kier alpha value is -2.03. The van der Waals surface area contributed by atoms with E-state index in [0.29, 0.717) is 22.6 Å². The predicted octanol–water partition coefficient (Wildman–Crippen LogP) is 0.788. The van der Waals surface area contributed by atoms with Gasteiger partial charge in [-0.2, -0.15) is 0 Å². The normalized spacial score (nSPS) is 14.5. The highest BCUT2D eigenvalue weighted by molar-refractivity contribution is 7.98. The maximum Gasteiger partial charge on any atom is 0.339 e. The van der Waals surface area contributed by atoms with Gasteiger partial charge in [0.1, 0.15) is 11.9 Å². The van der Waals surface area contributed by atoms with Gasteiger partial charge in [0.25, 0.3) is 0 Å². The smallest absolute Gasteiger partial charge is 0.339 e. The second-order valence-corrected chi connectivity index (χ2v) is 5.06. The minimum absolute atomic E-state index is 0.112. The molecule has 0 spiro atoms. The van der Waals surface area contributed by atoms with Crippen LogP contribution in [-0.2, 0) is 5.75 Å². The molecule has 3 rings (SSSR count). The number of carboxylic acids is 1. The van der Waals surface area contributed by atoms with Gasteiger partial charge in [0.2, 0.25) is 5.16 Å². The number of tetrazole rings is 1. The van der Waals surface area contributed by atoms with E-state index < -0.39 is 5.97 Å². The third kappa shape index (κ3) is 2.55. The lowest BCUT2D eigenvalue weighted by Crippen LogP contribution is -2.05. The van der Waals surface area contributed by atoms with Gasteiger partial charge >= 0.3 is 5.97 Å². The quantitative estimate of drug-likeness (QED) is 0.800. The van der Waals surface area contributed by atoms with Crippen molar-refractivity contribution in [3.8, 4) is 0 Å². The van der Waals surface area contributed by atoms with E-state index >= 15 is 0 Å². The molecule has 1 fully saturated rings. The van der Waals surface area contributed by atoms with Crippen molar-refractivity contribution >= 4 is 17.7 Å². The summed E-state index contributed by atoms with van der Waals surface area (Å²) in [5, 5.41) is 21.3. The summed E-state index contributed by atoms with van der Waals surface area (Å²) in [6.07, 6.45) is 4.82. The van der Waals surface area contributed by atoms with E-state index in [2.05, 4.69) is 25.5 Å². The monoisotopic (exact) mass is 278 g/mol. The Kier molecular flexibility index (Phi) is 3.11. The fourth-order valence-electron chi connectivity index (χ4n) is 1.61. The molecule has 2 aromatic rings. The molecule has 0 aliphatic heterocycles. The highest BCUT2D eigenvalue weighted by Crippen LogP contribution is 2.36. The predicted molar refractivity (Wildman–Crippen MR) is 64.6 cm³/mol. The van der Waals surface area contributed by atoms with Crippen molar-refractivity contribution in [1.29, 1.82) is 0 Å². The van der Waals surface area contributed by atoms with E-state index in [4.69, 9.17) is 5.11 Å². The Morgan fingerprint density at radius 2 is 2.37 bits per heavy atom. The molecular formula is C10H10N6O2S. The summed E-state index contributed by atoms with van der Waals surface area (Å²) in [6.45, 7) is 0. The lowest BCUT2D eigenvalue weighted by Gasteiger charge is -2.04. The second-order valence-electron chi connectivity index (χ2n) is 4.11. The molecule has 9 heteroatoms. The molecule has 0 aromatic carbocycles. The van der Waals surface area contributed by atoms with E-state index in [1.165, 1.54) is 24.3 Å². The first-order chi connectivity index (χ1) is 9.25. The third-order valence-electron chi connectivity index (χ3n) is 2.72. The molecule has 0 amide bonds. The largest absolute Gasteiger partial charge is 0.478 e. The molecule has 0 unspecified atom stereocenters. The topological polar surface area (TPSA) is 107 Å². The van der Waals surface area contributed by atoms with E-state index in [1.54, 1.807) is 4.68 Å². The molecule has 1 saturated carbocycles. The number of carboxylic acid groups (broad SMARTS) is 1. The first-order valence-electron chi connectivity index (χ1n) is 5.68. The summed E-state index contributed by atoms with van der Waals surface area (Å²) in [5.41, 5.74) is 0.582. The Bertz CT molecular complexity index is 612. The molecule has 0 radical (unpaired) electrons. The van der Waals surface area contributed by atoms with Crippen LogP contribution in [0.15, 0.2) is 17.7 Å². The lowest BCUT2D eigenvalue weighted by atomic mass is 10.2. The molecular weight excluding hydrogens is 268 g/mol. The fourth-order valence-corrected chi connectivity index (χ4v) is 2.52. The summed E-state index contributed by atoms with van der Waals surface area (Å²) >= 11 is 1.38. The molecule has 19 heavy (non-hydrogen) atoms. The van der Waals surface area contributed by atoms with E-state index in [-0.39, 0.29) is 5.56 Å². The highest BCUT2D eigenvalue weighted by atomic mass is 32.2. The molecule has 1 N–H and O–H groups in total. The zero-order valence-corrected chi connectivity index (χ0v) is 10.6. The number of nitrogens with zero attached hydrogens (tertiary/aromatic N) is 6. The summed E-state index contributed by atoms with van der Waals surface area (Å²) in [5.74, 6) is -0.630. The molecule has 2 aromatic heterocycles. The van der Waals surface area contributed by atoms with Crippen molar-refractivity contribution < 1.29 is 9.90 Å². The van der Waals surface area contributed by atoms with Crippen molar-refractivity contribution in [2.45, 2.75) is 29.8 Å². The lowest BCUT2D eigenvalue weighted by molar-refractivity contribution is 0.0695. The van der Waals surface area contributed by atoms with E-state index in [9.17, 15) is 4.79 Å². The van der Waals surface area contributed by atoms with Gasteiger partial charge in [-0.05, 0) is 23.3 Å². The molecule has 0 saturated heterocycles. The van der Waals surface area contributed by atoms with Crippen LogP contribution in [-0.4, -0.2) is 41.3 Å². The van der Waals surface area contributed by atoms with Crippen LogP contribution in [0.2, 0.25) is 0 Å². The maximum absolute atomic E-state index is 11.0. The third-order valence-corrected chi connectivity index (χ3v) is 3.66. The van der Waals surface area contributed by atoms with Crippen LogP contribution in [0.1, 0.15) is 34.9 Å². The Morgan fingerprint density at radius 1 is 1.53 bits per heavy atom. The average Bonchev–Trinajstić information content (AvgIpc) is 3.15. The van der Waals surface area contributed by atoms with Crippen LogP contribution in [0, 0.1) is 0 Å². The molecule has 0 atom stereocenters. The van der Waals surface area contributed by atoms with Gasteiger partial charge in [-0.15, -0.1) is 5.10 Å². The first-order valence-corrected chi connectivity index (χ1v) is 6.67. The van der Waals surface area contributed by atoms with Crippen LogP contribution in [0.5, 0.6) is 0 Å². The Labute approximate surface area is 112 Å². The van der Waals surface area contributed by atoms with Crippen molar-refractivity contribution in [1.82, 2.24) is 30.2 Å². The molecule has 0 bridgehead atoms. The number of aromatic carboxylic acids is 1. The molecule has 1 aliphatic rings. The van der Waals surface area contributed by atoms with Gasteiger partial charge < -0.3 is 5.11 Å². The van der Waals surface area contributed by atoms with Gasteiger partial charge in [0.05, 0.1) is 11.7 Å². The van der Waals surface area contributed by atoms with Gasteiger partial charge in [-0.1, -0.05) is 11.8 Å². The fraction of sp³-hybridized carbons (Fsp3) is 0.400. The van der Waals surface area contributed by atoms with Crippen molar-refractivity contribution in [2.24, 2.45) is 0 Å². The number of carbonyl (C=O) groups is 1. The maximum atomic E-state index is 11.0. The van der Waals surface area contributed by atoms with Gasteiger partial charge in [0, 0.05) is 11.9 Å². The minimum atomic E-state index is -1.03. The minimum Gasteiger partial charge on any atom is -0.478 e. The number of thioether (sulfide) groups is 1. The molecule has 8 nitrogen and oxygen atoms in total. The summed E-state index contributed by atoms with van der Waals surface area (Å²) in [7, 11) is 0. The first kappa shape index (κ1) is 12.0. The van der Waals surface area contributed by atoms with Crippen molar-refractivity contribution in [2.75, 3.05) is 0 Å². The zero-order valence-electron chi connectivity index (χ0n) is 9.80. The second kappa shape index (κ2) is 4.92. The molecule has 2 heterocycles. The SMILES string of the molecule is O=C(O)c1cncnc1CSc1nnnn1C1CC1. The van der Waals surface area contributed by atoms with Crippen molar-refractivity contribution in [3.63, 3.8) is 0 Å². The Morgan fingerprint density at radius 3 is 3.11 bits per heavy atom. The standard InChI is InChI=1S/C10H10N6O2S/c17-9(18)7-3-11-5-12-8(7)4-19-10-13-14-15-16(10)6-1-2-6/h3,5-6H,1-2,4H2,(H,17,18). The number of aromatic nitrogens is 6.